The average molecular weight is 303 g/mol. The number of carbonyl (C=O) groups is 2. The lowest BCUT2D eigenvalue weighted by atomic mass is 10.0. The molecule has 5 nitrogen and oxygen atoms in total. The van der Waals surface area contributed by atoms with Crippen molar-refractivity contribution in [2.24, 2.45) is 0 Å². The molecule has 1 unspecified atom stereocenters. The van der Waals surface area contributed by atoms with E-state index < -0.39 is 0 Å². The Hall–Kier alpha value is -2.04. The topological polar surface area (TPSA) is 61.4 Å². The highest BCUT2D eigenvalue weighted by molar-refractivity contribution is 6.07. The highest BCUT2D eigenvalue weighted by Gasteiger charge is 2.31. The van der Waals surface area contributed by atoms with Gasteiger partial charge in [0.05, 0.1) is 11.4 Å². The Morgan fingerprint density at radius 1 is 1.32 bits per heavy atom. The summed E-state index contributed by atoms with van der Waals surface area (Å²) < 4.78 is 0. The fraction of sp³-hybridized carbons (Fsp3) is 0.529. The van der Waals surface area contributed by atoms with Gasteiger partial charge in [-0.2, -0.15) is 0 Å². The second-order valence-corrected chi connectivity index (χ2v) is 5.95. The Labute approximate surface area is 132 Å². The number of anilines is 2. The van der Waals surface area contributed by atoms with E-state index >= 15 is 0 Å². The Kier molecular flexibility index (Phi) is 5.06. The molecular formula is C17H25N3O2. The minimum atomic E-state index is -0.321. The molecule has 0 fully saturated rings. The Balaban J connectivity index is 2.21. The summed E-state index contributed by atoms with van der Waals surface area (Å²) in [4.78, 5) is 26.1. The number of carbonyl (C=O) groups excluding carboxylic acids is 2. The zero-order chi connectivity index (χ0) is 16.3. The fourth-order valence-electron chi connectivity index (χ4n) is 2.55. The number of unbranched alkanes of at least 4 members (excludes halogenated alkanes) is 1. The van der Waals surface area contributed by atoms with Crippen molar-refractivity contribution in [3.63, 3.8) is 0 Å². The van der Waals surface area contributed by atoms with Gasteiger partial charge >= 0.3 is 0 Å². The number of amides is 2. The third-order valence-electron chi connectivity index (χ3n) is 4.07. The van der Waals surface area contributed by atoms with E-state index in [9.17, 15) is 9.59 Å². The van der Waals surface area contributed by atoms with Crippen molar-refractivity contribution in [2.75, 3.05) is 23.3 Å². The van der Waals surface area contributed by atoms with Gasteiger partial charge < -0.3 is 10.6 Å². The second-order valence-electron chi connectivity index (χ2n) is 5.95. The fourth-order valence-corrected chi connectivity index (χ4v) is 2.55. The Morgan fingerprint density at radius 3 is 2.68 bits per heavy atom. The van der Waals surface area contributed by atoms with Crippen molar-refractivity contribution in [2.45, 2.75) is 46.6 Å². The first kappa shape index (κ1) is 16.3. The summed E-state index contributed by atoms with van der Waals surface area (Å²) in [5.41, 5.74) is 3.98. The van der Waals surface area contributed by atoms with Crippen LogP contribution in [0.3, 0.4) is 0 Å². The van der Waals surface area contributed by atoms with Crippen LogP contribution in [0.4, 0.5) is 11.4 Å². The highest BCUT2D eigenvalue weighted by atomic mass is 16.2. The van der Waals surface area contributed by atoms with Crippen LogP contribution < -0.4 is 15.5 Å². The van der Waals surface area contributed by atoms with E-state index in [0.29, 0.717) is 6.54 Å². The lowest BCUT2D eigenvalue weighted by Gasteiger charge is -2.34. The van der Waals surface area contributed by atoms with E-state index in [1.165, 1.54) is 5.56 Å². The van der Waals surface area contributed by atoms with Crippen molar-refractivity contribution < 1.29 is 9.59 Å². The number of aryl methyl sites for hydroxylation is 2. The van der Waals surface area contributed by atoms with Crippen LogP contribution in [0.5, 0.6) is 0 Å². The molecule has 5 heteroatoms. The first-order valence-corrected chi connectivity index (χ1v) is 7.90. The molecule has 2 N–H and O–H groups in total. The third kappa shape index (κ3) is 3.40. The maximum atomic E-state index is 12.4. The van der Waals surface area contributed by atoms with E-state index in [0.717, 1.165) is 29.8 Å². The van der Waals surface area contributed by atoms with Gasteiger partial charge in [-0.15, -0.1) is 0 Å². The second kappa shape index (κ2) is 6.81. The number of benzene rings is 1. The maximum Gasteiger partial charge on any atom is 0.249 e. The van der Waals surface area contributed by atoms with E-state index in [1.807, 2.05) is 32.9 Å². The first-order valence-electron chi connectivity index (χ1n) is 7.90. The summed E-state index contributed by atoms with van der Waals surface area (Å²) in [5.74, 6) is -0.179. The standard InChI is InChI=1S/C17H25N3O2/c1-5-6-7-18-16(21)10-20-15-9-12(3)11(2)8-14(15)19-13(4)17(20)22/h8-9,13,19H,5-7,10H2,1-4H3,(H,18,21). The van der Waals surface area contributed by atoms with Crippen molar-refractivity contribution in [1.82, 2.24) is 5.32 Å². The molecule has 0 saturated carbocycles. The lowest BCUT2D eigenvalue weighted by Crippen LogP contribution is -2.49. The van der Waals surface area contributed by atoms with Crippen LogP contribution in [-0.2, 0) is 9.59 Å². The highest BCUT2D eigenvalue weighted by Crippen LogP contribution is 2.33. The molecule has 0 aliphatic carbocycles. The van der Waals surface area contributed by atoms with Gasteiger partial charge in [0.15, 0.2) is 0 Å². The monoisotopic (exact) mass is 303 g/mol. The van der Waals surface area contributed by atoms with Crippen LogP contribution in [0.25, 0.3) is 0 Å². The number of nitrogens with zero attached hydrogens (tertiary/aromatic N) is 1. The molecule has 0 saturated heterocycles. The number of hydrogen-bond acceptors (Lipinski definition) is 3. The molecule has 1 aliphatic rings. The summed E-state index contributed by atoms with van der Waals surface area (Å²) >= 11 is 0. The summed E-state index contributed by atoms with van der Waals surface area (Å²) in [7, 11) is 0. The summed E-state index contributed by atoms with van der Waals surface area (Å²) in [6.45, 7) is 8.68. The van der Waals surface area contributed by atoms with Gasteiger partial charge in [-0.05, 0) is 50.5 Å². The normalized spacial score (nSPS) is 17.0. The van der Waals surface area contributed by atoms with Crippen LogP contribution in [0.1, 0.15) is 37.8 Å². The van der Waals surface area contributed by atoms with Crippen LogP contribution in [0.2, 0.25) is 0 Å². The van der Waals surface area contributed by atoms with E-state index in [-0.39, 0.29) is 24.4 Å². The van der Waals surface area contributed by atoms with Crippen molar-refractivity contribution >= 4 is 23.2 Å². The molecule has 22 heavy (non-hydrogen) atoms. The molecule has 1 heterocycles. The molecule has 1 atom stereocenters. The Bertz CT molecular complexity index is 584. The van der Waals surface area contributed by atoms with Gasteiger partial charge in [0.2, 0.25) is 11.8 Å². The van der Waals surface area contributed by atoms with Gasteiger partial charge in [0.1, 0.15) is 12.6 Å². The van der Waals surface area contributed by atoms with Crippen LogP contribution in [-0.4, -0.2) is 30.9 Å². The zero-order valence-electron chi connectivity index (χ0n) is 13.8. The third-order valence-corrected chi connectivity index (χ3v) is 4.07. The minimum Gasteiger partial charge on any atom is -0.372 e. The van der Waals surface area contributed by atoms with Gasteiger partial charge in [-0.25, -0.2) is 0 Å². The summed E-state index contributed by atoms with van der Waals surface area (Å²) in [6.07, 6.45) is 1.98. The van der Waals surface area contributed by atoms with Crippen molar-refractivity contribution in [3.8, 4) is 0 Å². The molecule has 0 bridgehead atoms. The van der Waals surface area contributed by atoms with Gasteiger partial charge in [-0.1, -0.05) is 13.3 Å². The van der Waals surface area contributed by atoms with Crippen LogP contribution >= 0.6 is 0 Å². The molecular weight excluding hydrogens is 278 g/mol. The van der Waals surface area contributed by atoms with Crippen LogP contribution in [0.15, 0.2) is 12.1 Å². The predicted molar refractivity (Wildman–Crippen MR) is 89.3 cm³/mol. The summed E-state index contributed by atoms with van der Waals surface area (Å²) in [5, 5.41) is 6.08. The van der Waals surface area contributed by atoms with Crippen molar-refractivity contribution in [1.29, 1.82) is 0 Å². The Morgan fingerprint density at radius 2 is 2.00 bits per heavy atom. The smallest absolute Gasteiger partial charge is 0.249 e. The average Bonchev–Trinajstić information content (AvgIpc) is 2.47. The molecule has 0 spiro atoms. The SMILES string of the molecule is CCCCNC(=O)CN1C(=O)C(C)Nc2cc(C)c(C)cc21. The van der Waals surface area contributed by atoms with E-state index in [4.69, 9.17) is 0 Å². The number of nitrogens with one attached hydrogen (secondary N) is 2. The molecule has 1 aliphatic heterocycles. The molecule has 120 valence electrons. The van der Waals surface area contributed by atoms with Gasteiger partial charge in [0.25, 0.3) is 0 Å². The van der Waals surface area contributed by atoms with Crippen molar-refractivity contribution in [3.05, 3.63) is 23.3 Å². The van der Waals surface area contributed by atoms with E-state index in [2.05, 4.69) is 17.6 Å². The molecule has 1 aromatic carbocycles. The quantitative estimate of drug-likeness (QED) is 0.821. The van der Waals surface area contributed by atoms with Crippen LogP contribution in [0, 0.1) is 13.8 Å². The largest absolute Gasteiger partial charge is 0.372 e. The van der Waals surface area contributed by atoms with Gasteiger partial charge in [-0.3, -0.25) is 14.5 Å². The zero-order valence-corrected chi connectivity index (χ0v) is 13.8. The maximum absolute atomic E-state index is 12.4. The molecule has 0 aromatic heterocycles. The number of hydrogen-bond donors (Lipinski definition) is 2. The first-order chi connectivity index (χ1) is 10.4. The van der Waals surface area contributed by atoms with Gasteiger partial charge in [0, 0.05) is 6.54 Å². The molecule has 0 radical (unpaired) electrons. The predicted octanol–water partition coefficient (Wildman–Crippen LogP) is 2.37. The summed E-state index contributed by atoms with van der Waals surface area (Å²) in [6, 6.07) is 3.69. The molecule has 1 aromatic rings. The number of fused-ring (bicyclic) bond motifs is 1. The number of rotatable bonds is 5. The molecule has 2 amide bonds. The van der Waals surface area contributed by atoms with E-state index in [1.54, 1.807) is 4.90 Å². The molecule has 2 rings (SSSR count). The lowest BCUT2D eigenvalue weighted by molar-refractivity contribution is -0.124. The minimum absolute atomic E-state index is 0.0682.